The van der Waals surface area contributed by atoms with Gasteiger partial charge in [0.2, 0.25) is 4.77 Å². The van der Waals surface area contributed by atoms with Gasteiger partial charge < -0.3 is 4.57 Å². The smallest absolute Gasteiger partial charge is 0.261 e. The molecule has 0 radical (unpaired) electrons. The molecule has 3 aromatic rings. The Kier molecular flexibility index (Phi) is 2.38. The molecule has 3 rings (SSSR count). The molecular formula is C12H10N4OS. The van der Waals surface area contributed by atoms with Crippen LogP contribution in [0.3, 0.4) is 0 Å². The van der Waals surface area contributed by atoms with Crippen molar-refractivity contribution in [3.8, 4) is 11.4 Å². The van der Waals surface area contributed by atoms with Gasteiger partial charge in [0.1, 0.15) is 0 Å². The third-order valence-corrected chi connectivity index (χ3v) is 3.08. The molecule has 18 heavy (non-hydrogen) atoms. The molecular weight excluding hydrogens is 248 g/mol. The van der Waals surface area contributed by atoms with Crippen LogP contribution in [0.2, 0.25) is 0 Å². The van der Waals surface area contributed by atoms with Gasteiger partial charge in [-0.2, -0.15) is 4.98 Å². The van der Waals surface area contributed by atoms with Crippen molar-refractivity contribution >= 4 is 23.1 Å². The van der Waals surface area contributed by atoms with Crippen LogP contribution in [0.4, 0.5) is 0 Å². The predicted molar refractivity (Wildman–Crippen MR) is 72.0 cm³/mol. The van der Waals surface area contributed by atoms with Gasteiger partial charge >= 0.3 is 0 Å². The first-order chi connectivity index (χ1) is 8.66. The van der Waals surface area contributed by atoms with E-state index in [9.17, 15) is 4.79 Å². The Bertz CT molecular complexity index is 843. The first-order valence-corrected chi connectivity index (χ1v) is 5.81. The SMILES string of the molecule is Cn1c(=O)c(-c2nc(=S)[nH][nH]2)cc2ccccc21. The molecule has 0 aliphatic heterocycles. The molecule has 0 saturated heterocycles. The summed E-state index contributed by atoms with van der Waals surface area (Å²) in [6.45, 7) is 0. The first-order valence-electron chi connectivity index (χ1n) is 5.40. The molecule has 0 aliphatic carbocycles. The number of hydrogen-bond acceptors (Lipinski definition) is 3. The molecule has 0 unspecified atom stereocenters. The van der Waals surface area contributed by atoms with Crippen LogP contribution in [0.5, 0.6) is 0 Å². The van der Waals surface area contributed by atoms with E-state index in [1.165, 1.54) is 0 Å². The summed E-state index contributed by atoms with van der Waals surface area (Å²) in [5, 5.41) is 6.48. The van der Waals surface area contributed by atoms with Crippen molar-refractivity contribution in [3.05, 3.63) is 45.5 Å². The summed E-state index contributed by atoms with van der Waals surface area (Å²) in [5.74, 6) is 0.464. The zero-order valence-corrected chi connectivity index (χ0v) is 10.4. The molecule has 1 aromatic carbocycles. The Hall–Kier alpha value is -2.21. The van der Waals surface area contributed by atoms with Crippen LogP contribution in [0.25, 0.3) is 22.3 Å². The fourth-order valence-corrected chi connectivity index (χ4v) is 2.13. The summed E-state index contributed by atoms with van der Waals surface area (Å²) in [6, 6.07) is 9.53. The van der Waals surface area contributed by atoms with Crippen LogP contribution in [-0.4, -0.2) is 19.7 Å². The maximum absolute atomic E-state index is 12.2. The predicted octanol–water partition coefficient (Wildman–Crippen LogP) is 1.99. The highest BCUT2D eigenvalue weighted by Crippen LogP contribution is 2.17. The highest BCUT2D eigenvalue weighted by atomic mass is 32.1. The minimum Gasteiger partial charge on any atom is -0.311 e. The molecule has 90 valence electrons. The molecule has 0 amide bonds. The summed E-state index contributed by atoms with van der Waals surface area (Å²) in [4.78, 5) is 16.3. The summed E-state index contributed by atoms with van der Waals surface area (Å²) in [5.41, 5.74) is 1.29. The number of aryl methyl sites for hydroxylation is 1. The van der Waals surface area contributed by atoms with E-state index in [0.717, 1.165) is 10.9 Å². The third-order valence-electron chi connectivity index (χ3n) is 2.89. The number of aromatic amines is 2. The highest BCUT2D eigenvalue weighted by molar-refractivity contribution is 7.71. The van der Waals surface area contributed by atoms with Crippen molar-refractivity contribution in [1.82, 2.24) is 19.7 Å². The van der Waals surface area contributed by atoms with Crippen LogP contribution in [-0.2, 0) is 7.05 Å². The lowest BCUT2D eigenvalue weighted by Gasteiger charge is -2.06. The lowest BCUT2D eigenvalue weighted by molar-refractivity contribution is 0.905. The first kappa shape index (κ1) is 10.9. The number of nitrogens with one attached hydrogen (secondary N) is 2. The van der Waals surface area contributed by atoms with Gasteiger partial charge in [0, 0.05) is 7.05 Å². The van der Waals surface area contributed by atoms with E-state index in [2.05, 4.69) is 15.2 Å². The van der Waals surface area contributed by atoms with Crippen LogP contribution in [0, 0.1) is 4.77 Å². The monoisotopic (exact) mass is 258 g/mol. The number of nitrogens with zero attached hydrogens (tertiary/aromatic N) is 2. The van der Waals surface area contributed by atoms with Crippen LogP contribution < -0.4 is 5.56 Å². The molecule has 2 N–H and O–H groups in total. The molecule has 5 nitrogen and oxygen atoms in total. The average molecular weight is 258 g/mol. The largest absolute Gasteiger partial charge is 0.311 e. The lowest BCUT2D eigenvalue weighted by Crippen LogP contribution is -2.19. The van der Waals surface area contributed by atoms with E-state index in [1.807, 2.05) is 30.3 Å². The molecule has 0 saturated carbocycles. The number of fused-ring (bicyclic) bond motifs is 1. The van der Waals surface area contributed by atoms with Crippen molar-refractivity contribution in [2.75, 3.05) is 0 Å². The van der Waals surface area contributed by atoms with Crippen molar-refractivity contribution in [3.63, 3.8) is 0 Å². The van der Waals surface area contributed by atoms with E-state index < -0.39 is 0 Å². The summed E-state index contributed by atoms with van der Waals surface area (Å²) < 4.78 is 1.94. The van der Waals surface area contributed by atoms with E-state index in [-0.39, 0.29) is 5.56 Å². The Morgan fingerprint density at radius 1 is 1.28 bits per heavy atom. The molecule has 0 spiro atoms. The fourth-order valence-electron chi connectivity index (χ4n) is 1.99. The average Bonchev–Trinajstić information content (AvgIpc) is 2.80. The zero-order valence-electron chi connectivity index (χ0n) is 9.60. The summed E-state index contributed by atoms with van der Waals surface area (Å²) >= 11 is 4.90. The molecule has 0 aliphatic rings. The van der Waals surface area contributed by atoms with Crippen molar-refractivity contribution in [2.24, 2.45) is 7.05 Å². The van der Waals surface area contributed by atoms with Gasteiger partial charge in [0.25, 0.3) is 5.56 Å². The molecule has 2 heterocycles. The molecule has 0 atom stereocenters. The number of para-hydroxylation sites is 1. The van der Waals surface area contributed by atoms with Crippen LogP contribution in [0.1, 0.15) is 0 Å². The van der Waals surface area contributed by atoms with Gasteiger partial charge in [-0.1, -0.05) is 18.2 Å². The second-order valence-electron chi connectivity index (χ2n) is 4.00. The second kappa shape index (κ2) is 3.92. The van der Waals surface area contributed by atoms with Gasteiger partial charge in [-0.05, 0) is 29.7 Å². The fraction of sp³-hybridized carbons (Fsp3) is 0.0833. The standard InChI is InChI=1S/C12H10N4OS/c1-16-9-5-3-2-4-7(9)6-8(11(16)17)10-13-12(18)15-14-10/h2-6H,1H3,(H2,13,14,15,18). The molecule has 0 fully saturated rings. The number of benzene rings is 1. The number of rotatable bonds is 1. The van der Waals surface area contributed by atoms with E-state index in [0.29, 0.717) is 16.2 Å². The second-order valence-corrected chi connectivity index (χ2v) is 4.38. The van der Waals surface area contributed by atoms with Gasteiger partial charge in [0.05, 0.1) is 11.1 Å². The molecule has 6 heteroatoms. The van der Waals surface area contributed by atoms with Gasteiger partial charge in [0.15, 0.2) is 5.82 Å². The van der Waals surface area contributed by atoms with E-state index in [1.54, 1.807) is 11.6 Å². The zero-order chi connectivity index (χ0) is 12.7. The highest BCUT2D eigenvalue weighted by Gasteiger charge is 2.10. The lowest BCUT2D eigenvalue weighted by atomic mass is 10.1. The Morgan fingerprint density at radius 2 is 2.06 bits per heavy atom. The maximum atomic E-state index is 12.2. The third kappa shape index (κ3) is 1.58. The van der Waals surface area contributed by atoms with Gasteiger partial charge in [-0.25, -0.2) is 0 Å². The summed E-state index contributed by atoms with van der Waals surface area (Å²) in [6.07, 6.45) is 0. The Morgan fingerprint density at radius 3 is 2.78 bits per heavy atom. The van der Waals surface area contributed by atoms with Crippen molar-refractivity contribution in [1.29, 1.82) is 0 Å². The molecule has 2 aromatic heterocycles. The Labute approximate surface area is 107 Å². The van der Waals surface area contributed by atoms with Gasteiger partial charge in [-0.15, -0.1) is 0 Å². The maximum Gasteiger partial charge on any atom is 0.261 e. The number of H-pyrrole nitrogens is 2. The van der Waals surface area contributed by atoms with E-state index in [4.69, 9.17) is 12.2 Å². The van der Waals surface area contributed by atoms with Crippen molar-refractivity contribution in [2.45, 2.75) is 0 Å². The molecule has 0 bridgehead atoms. The number of aromatic nitrogens is 4. The summed E-state index contributed by atoms with van der Waals surface area (Å²) in [7, 11) is 1.75. The van der Waals surface area contributed by atoms with Crippen LogP contribution in [0.15, 0.2) is 35.1 Å². The van der Waals surface area contributed by atoms with Crippen molar-refractivity contribution < 1.29 is 0 Å². The van der Waals surface area contributed by atoms with E-state index >= 15 is 0 Å². The Balaban J connectivity index is 2.41. The number of pyridine rings is 1. The van der Waals surface area contributed by atoms with Crippen LogP contribution >= 0.6 is 12.2 Å². The topological polar surface area (TPSA) is 66.5 Å². The van der Waals surface area contributed by atoms with Gasteiger partial charge in [-0.3, -0.25) is 15.0 Å². The minimum absolute atomic E-state index is 0.105. The number of hydrogen-bond donors (Lipinski definition) is 2. The quantitative estimate of drug-likeness (QED) is 0.656. The minimum atomic E-state index is -0.105. The normalized spacial score (nSPS) is 10.9.